The van der Waals surface area contributed by atoms with Crippen molar-refractivity contribution in [3.63, 3.8) is 0 Å². The van der Waals surface area contributed by atoms with Gasteiger partial charge in [0.15, 0.2) is 0 Å². The van der Waals surface area contributed by atoms with Crippen LogP contribution in [-0.4, -0.2) is 41.1 Å². The van der Waals surface area contributed by atoms with Gasteiger partial charge in [-0.3, -0.25) is 9.59 Å². The lowest BCUT2D eigenvalue weighted by atomic mass is 10.2. The number of hydrogen-bond acceptors (Lipinski definition) is 3. The second-order valence-corrected chi connectivity index (χ2v) is 5.95. The van der Waals surface area contributed by atoms with E-state index in [1.807, 2.05) is 0 Å². The number of carbonyl (C=O) groups excluding carboxylic acids is 2. The molecule has 1 saturated carbocycles. The first-order chi connectivity index (χ1) is 8.98. The molecule has 0 aromatic carbocycles. The molecule has 0 aromatic rings. The van der Waals surface area contributed by atoms with Crippen LogP contribution in [0.2, 0.25) is 0 Å². The molecule has 0 saturated heterocycles. The van der Waals surface area contributed by atoms with Crippen LogP contribution < -0.4 is 0 Å². The Morgan fingerprint density at radius 1 is 1.15 bits per heavy atom. The minimum absolute atomic E-state index is 0.197. The monoisotopic (exact) mass is 295 g/mol. The van der Waals surface area contributed by atoms with Crippen LogP contribution in [-0.2, 0) is 14.3 Å². The Kier molecular flexibility index (Phi) is 5.05. The van der Waals surface area contributed by atoms with E-state index in [0.29, 0.717) is 12.8 Å². The minimum Gasteiger partial charge on any atom is -0.460 e. The summed E-state index contributed by atoms with van der Waals surface area (Å²) in [6.45, 7) is 3.82. The number of halogens is 3. The van der Waals surface area contributed by atoms with E-state index in [1.165, 1.54) is 0 Å². The largest absolute Gasteiger partial charge is 0.460 e. The maximum Gasteiger partial charge on any atom is 0.406 e. The molecular formula is C13H20F3NO3. The van der Waals surface area contributed by atoms with Crippen molar-refractivity contribution in [2.45, 2.75) is 64.3 Å². The highest BCUT2D eigenvalue weighted by Gasteiger charge is 2.40. The Bertz CT molecular complexity index is 370. The van der Waals surface area contributed by atoms with Crippen molar-refractivity contribution in [2.24, 2.45) is 0 Å². The summed E-state index contributed by atoms with van der Waals surface area (Å²) in [5, 5.41) is 0. The maximum atomic E-state index is 12.4. The third-order valence-electron chi connectivity index (χ3n) is 2.62. The van der Waals surface area contributed by atoms with Gasteiger partial charge in [-0.1, -0.05) is 0 Å². The van der Waals surface area contributed by atoms with Gasteiger partial charge < -0.3 is 9.64 Å². The van der Waals surface area contributed by atoms with Crippen LogP contribution in [0.5, 0.6) is 0 Å². The Morgan fingerprint density at radius 2 is 1.70 bits per heavy atom. The zero-order valence-electron chi connectivity index (χ0n) is 11.9. The van der Waals surface area contributed by atoms with Crippen LogP contribution in [0.15, 0.2) is 0 Å². The second kappa shape index (κ2) is 6.01. The Hall–Kier alpha value is -1.27. The summed E-state index contributed by atoms with van der Waals surface area (Å²) in [5.74, 6) is -1.22. The maximum absolute atomic E-state index is 12.4. The molecule has 0 radical (unpaired) electrons. The summed E-state index contributed by atoms with van der Waals surface area (Å²) in [6.07, 6.45) is -3.68. The van der Waals surface area contributed by atoms with E-state index in [0.717, 1.165) is 4.90 Å². The van der Waals surface area contributed by atoms with Crippen molar-refractivity contribution in [1.29, 1.82) is 0 Å². The highest BCUT2D eigenvalue weighted by molar-refractivity contribution is 5.82. The standard InChI is InChI=1S/C13H20F3NO3/c1-12(2,3)20-11(19)7-6-10(18)17(9-4-5-9)8-13(14,15)16/h9H,4-8H2,1-3H3. The number of esters is 1. The van der Waals surface area contributed by atoms with Crippen LogP contribution in [0.4, 0.5) is 13.2 Å². The van der Waals surface area contributed by atoms with Crippen molar-refractivity contribution >= 4 is 11.9 Å². The van der Waals surface area contributed by atoms with Crippen LogP contribution in [0.1, 0.15) is 46.5 Å². The van der Waals surface area contributed by atoms with E-state index >= 15 is 0 Å². The Morgan fingerprint density at radius 3 is 2.10 bits per heavy atom. The quantitative estimate of drug-likeness (QED) is 0.733. The average molecular weight is 295 g/mol. The summed E-state index contributed by atoms with van der Waals surface area (Å²) < 4.78 is 42.2. The number of nitrogens with zero attached hydrogens (tertiary/aromatic N) is 1. The first-order valence-electron chi connectivity index (χ1n) is 6.56. The molecule has 0 N–H and O–H groups in total. The number of carbonyl (C=O) groups is 2. The van der Waals surface area contributed by atoms with Gasteiger partial charge in [-0.2, -0.15) is 13.2 Å². The van der Waals surface area contributed by atoms with Gasteiger partial charge in [-0.25, -0.2) is 0 Å². The molecule has 1 amide bonds. The molecule has 20 heavy (non-hydrogen) atoms. The molecule has 0 aliphatic heterocycles. The third-order valence-corrected chi connectivity index (χ3v) is 2.62. The lowest BCUT2D eigenvalue weighted by Gasteiger charge is -2.24. The normalized spacial score (nSPS) is 15.9. The van der Waals surface area contributed by atoms with Crippen LogP contribution in [0, 0.1) is 0 Å². The zero-order valence-corrected chi connectivity index (χ0v) is 11.9. The molecule has 1 fully saturated rings. The molecule has 1 aliphatic rings. The lowest BCUT2D eigenvalue weighted by molar-refractivity contribution is -0.164. The predicted molar refractivity (Wildman–Crippen MR) is 65.9 cm³/mol. The van der Waals surface area contributed by atoms with Crippen molar-refractivity contribution in [3.05, 3.63) is 0 Å². The SMILES string of the molecule is CC(C)(C)OC(=O)CCC(=O)N(CC(F)(F)F)C1CC1. The second-order valence-electron chi connectivity index (χ2n) is 5.95. The van der Waals surface area contributed by atoms with E-state index < -0.39 is 30.2 Å². The summed E-state index contributed by atoms with van der Waals surface area (Å²) in [4.78, 5) is 24.1. The number of alkyl halides is 3. The highest BCUT2D eigenvalue weighted by atomic mass is 19.4. The molecule has 7 heteroatoms. The molecule has 0 aromatic heterocycles. The van der Waals surface area contributed by atoms with E-state index in [1.54, 1.807) is 20.8 Å². The highest BCUT2D eigenvalue weighted by Crippen LogP contribution is 2.30. The van der Waals surface area contributed by atoms with Crippen LogP contribution in [0.3, 0.4) is 0 Å². The fraction of sp³-hybridized carbons (Fsp3) is 0.846. The molecule has 116 valence electrons. The molecule has 0 atom stereocenters. The van der Waals surface area contributed by atoms with E-state index in [9.17, 15) is 22.8 Å². The first-order valence-corrected chi connectivity index (χ1v) is 6.56. The van der Waals surface area contributed by atoms with Gasteiger partial charge in [0, 0.05) is 12.5 Å². The van der Waals surface area contributed by atoms with E-state index in [2.05, 4.69) is 0 Å². The van der Waals surface area contributed by atoms with Crippen molar-refractivity contribution in [2.75, 3.05) is 6.54 Å². The topological polar surface area (TPSA) is 46.6 Å². The molecule has 4 nitrogen and oxygen atoms in total. The molecular weight excluding hydrogens is 275 g/mol. The number of rotatable bonds is 5. The van der Waals surface area contributed by atoms with Crippen LogP contribution in [0.25, 0.3) is 0 Å². The van der Waals surface area contributed by atoms with Gasteiger partial charge >= 0.3 is 12.1 Å². The van der Waals surface area contributed by atoms with Gasteiger partial charge in [-0.15, -0.1) is 0 Å². The Labute approximate surface area is 116 Å². The summed E-state index contributed by atoms with van der Waals surface area (Å²) in [6, 6.07) is -0.331. The fourth-order valence-corrected chi connectivity index (χ4v) is 1.75. The van der Waals surface area contributed by atoms with Gasteiger partial charge in [0.05, 0.1) is 6.42 Å². The lowest BCUT2D eigenvalue weighted by Crippen LogP contribution is -2.40. The molecule has 0 heterocycles. The summed E-state index contributed by atoms with van der Waals surface area (Å²) >= 11 is 0. The van der Waals surface area contributed by atoms with Gasteiger partial charge in [-0.05, 0) is 33.6 Å². The average Bonchev–Trinajstić information content (AvgIpc) is 3.02. The Balaban J connectivity index is 2.45. The number of ether oxygens (including phenoxy) is 1. The first kappa shape index (κ1) is 16.8. The van der Waals surface area contributed by atoms with Crippen molar-refractivity contribution < 1.29 is 27.5 Å². The predicted octanol–water partition coefficient (Wildman–Crippen LogP) is 2.66. The summed E-state index contributed by atoms with van der Waals surface area (Å²) in [5.41, 5.74) is -0.664. The molecule has 1 rings (SSSR count). The molecule has 0 bridgehead atoms. The minimum atomic E-state index is -4.41. The van der Waals surface area contributed by atoms with Crippen LogP contribution >= 0.6 is 0 Å². The fourth-order valence-electron chi connectivity index (χ4n) is 1.75. The van der Waals surface area contributed by atoms with Gasteiger partial charge in [0.1, 0.15) is 12.1 Å². The van der Waals surface area contributed by atoms with E-state index in [-0.39, 0.29) is 18.9 Å². The molecule has 0 unspecified atom stereocenters. The van der Waals surface area contributed by atoms with E-state index in [4.69, 9.17) is 4.74 Å². The smallest absolute Gasteiger partial charge is 0.406 e. The zero-order chi connectivity index (χ0) is 15.6. The molecule has 1 aliphatic carbocycles. The van der Waals surface area contributed by atoms with Crippen molar-refractivity contribution in [1.82, 2.24) is 4.90 Å². The van der Waals surface area contributed by atoms with Gasteiger partial charge in [0.25, 0.3) is 0 Å². The van der Waals surface area contributed by atoms with Gasteiger partial charge in [0.2, 0.25) is 5.91 Å². The van der Waals surface area contributed by atoms with Crippen molar-refractivity contribution in [3.8, 4) is 0 Å². The summed E-state index contributed by atoms with van der Waals surface area (Å²) in [7, 11) is 0. The third kappa shape index (κ3) is 6.77. The number of hydrogen-bond donors (Lipinski definition) is 0. The molecule has 0 spiro atoms. The number of amides is 1.